The van der Waals surface area contributed by atoms with Crippen molar-refractivity contribution in [1.82, 2.24) is 18.5 Å². The summed E-state index contributed by atoms with van der Waals surface area (Å²) in [5, 5.41) is 2.61. The van der Waals surface area contributed by atoms with Crippen molar-refractivity contribution >= 4 is 27.5 Å². The van der Waals surface area contributed by atoms with Crippen LogP contribution in [-0.4, -0.2) is 84.3 Å². The van der Waals surface area contributed by atoms with Crippen LogP contribution >= 0.6 is 11.3 Å². The fraction of sp³-hybridized carbons (Fsp3) is 0.545. The summed E-state index contributed by atoms with van der Waals surface area (Å²) in [4.78, 5) is 19.3. The number of amides is 1. The first-order valence-corrected chi connectivity index (χ1v) is 13.2. The maximum atomic E-state index is 13.1. The van der Waals surface area contributed by atoms with Crippen LogP contribution in [0.15, 0.2) is 23.6 Å². The van der Waals surface area contributed by atoms with Gasteiger partial charge in [0, 0.05) is 50.2 Å². The number of carbonyl (C=O) groups is 1. The predicted molar refractivity (Wildman–Crippen MR) is 125 cm³/mol. The van der Waals surface area contributed by atoms with E-state index in [4.69, 9.17) is 4.74 Å². The lowest BCUT2D eigenvalue weighted by Gasteiger charge is -2.40. The molecule has 2 unspecified atom stereocenters. The molecule has 2 aromatic rings. The molecule has 2 aliphatic rings. The summed E-state index contributed by atoms with van der Waals surface area (Å²) in [6.07, 6.45) is -0.264. The highest BCUT2D eigenvalue weighted by Crippen LogP contribution is 2.28. The van der Waals surface area contributed by atoms with Gasteiger partial charge in [-0.2, -0.15) is 17.0 Å². The third kappa shape index (κ3) is 4.74. The lowest BCUT2D eigenvalue weighted by molar-refractivity contribution is -0.0457. The van der Waals surface area contributed by atoms with E-state index in [1.54, 1.807) is 10.3 Å². The van der Waals surface area contributed by atoms with Crippen LogP contribution in [0, 0.1) is 13.8 Å². The maximum Gasteiger partial charge on any atom is 0.282 e. The summed E-state index contributed by atoms with van der Waals surface area (Å²) in [6.45, 7) is 9.83. The lowest BCUT2D eigenvalue weighted by atomic mass is 10.1. The Balaban J connectivity index is 1.40. The molecule has 2 fully saturated rings. The zero-order valence-corrected chi connectivity index (χ0v) is 20.6. The van der Waals surface area contributed by atoms with Crippen molar-refractivity contribution in [3.8, 4) is 10.6 Å². The van der Waals surface area contributed by atoms with Crippen LogP contribution in [0.4, 0.5) is 0 Å². The second-order valence-corrected chi connectivity index (χ2v) is 11.4. The molecule has 174 valence electrons. The van der Waals surface area contributed by atoms with Crippen molar-refractivity contribution < 1.29 is 17.9 Å². The molecule has 1 aromatic carbocycles. The van der Waals surface area contributed by atoms with Gasteiger partial charge < -0.3 is 9.64 Å². The molecule has 0 bridgehead atoms. The first-order valence-electron chi connectivity index (χ1n) is 10.9. The average Bonchev–Trinajstić information content (AvgIpc) is 3.22. The summed E-state index contributed by atoms with van der Waals surface area (Å²) in [6, 6.07) is 6.18. The minimum absolute atomic E-state index is 0.132. The molecule has 32 heavy (non-hydrogen) atoms. The minimum atomic E-state index is -3.57. The summed E-state index contributed by atoms with van der Waals surface area (Å²) < 4.78 is 34.8. The number of thiazole rings is 1. The van der Waals surface area contributed by atoms with Crippen LogP contribution < -0.4 is 0 Å². The van der Waals surface area contributed by atoms with E-state index in [9.17, 15) is 13.2 Å². The van der Waals surface area contributed by atoms with Crippen LogP contribution in [0.1, 0.15) is 35.5 Å². The molecule has 2 aliphatic heterocycles. The summed E-state index contributed by atoms with van der Waals surface area (Å²) >= 11 is 1.46. The highest BCUT2D eigenvalue weighted by atomic mass is 32.2. The van der Waals surface area contributed by atoms with E-state index >= 15 is 0 Å². The van der Waals surface area contributed by atoms with E-state index in [-0.39, 0.29) is 31.2 Å². The van der Waals surface area contributed by atoms with Crippen molar-refractivity contribution in [2.75, 3.05) is 39.3 Å². The number of aromatic nitrogens is 1. The Kier molecular flexibility index (Phi) is 6.69. The molecule has 1 aromatic heterocycles. The van der Waals surface area contributed by atoms with Crippen LogP contribution in [0.25, 0.3) is 10.6 Å². The van der Waals surface area contributed by atoms with Crippen molar-refractivity contribution in [3.05, 3.63) is 40.4 Å². The van der Waals surface area contributed by atoms with Gasteiger partial charge in [-0.3, -0.25) is 4.79 Å². The van der Waals surface area contributed by atoms with Crippen LogP contribution in [0.2, 0.25) is 0 Å². The van der Waals surface area contributed by atoms with Gasteiger partial charge >= 0.3 is 0 Å². The van der Waals surface area contributed by atoms with Crippen molar-refractivity contribution in [2.45, 2.75) is 39.9 Å². The summed E-state index contributed by atoms with van der Waals surface area (Å²) in [7, 11) is -3.57. The molecule has 3 heterocycles. The van der Waals surface area contributed by atoms with E-state index < -0.39 is 10.2 Å². The molecular weight excluding hydrogens is 448 g/mol. The fourth-order valence-electron chi connectivity index (χ4n) is 4.32. The predicted octanol–water partition coefficient (Wildman–Crippen LogP) is 2.54. The van der Waals surface area contributed by atoms with Gasteiger partial charge in [0.2, 0.25) is 0 Å². The van der Waals surface area contributed by atoms with Crippen molar-refractivity contribution in [1.29, 1.82) is 0 Å². The highest BCUT2D eigenvalue weighted by molar-refractivity contribution is 7.86. The standard InChI is InChI=1S/C22H30N4O4S2/c1-15-5-6-19(16(2)11-15)21-23-20(14-31-21)22(27)24-7-9-25(10-8-24)32(28,29)26-12-17(3)30-18(4)13-26/h5-6,11,14,17-18H,7-10,12-13H2,1-4H3. The van der Waals surface area contributed by atoms with Gasteiger partial charge in [0.05, 0.1) is 12.2 Å². The van der Waals surface area contributed by atoms with Gasteiger partial charge in [-0.15, -0.1) is 11.3 Å². The Bertz CT molecular complexity index is 1080. The number of piperazine rings is 1. The van der Waals surface area contributed by atoms with Crippen molar-refractivity contribution in [2.24, 2.45) is 0 Å². The van der Waals surface area contributed by atoms with E-state index in [0.29, 0.717) is 31.9 Å². The minimum Gasteiger partial charge on any atom is -0.373 e. The quantitative estimate of drug-likeness (QED) is 0.674. The van der Waals surface area contributed by atoms with E-state index in [2.05, 4.69) is 11.1 Å². The molecule has 0 N–H and O–H groups in total. The number of hydrogen-bond acceptors (Lipinski definition) is 6. The number of ether oxygens (including phenoxy) is 1. The molecule has 2 saturated heterocycles. The number of nitrogens with zero attached hydrogens (tertiary/aromatic N) is 4. The molecule has 0 saturated carbocycles. The third-order valence-corrected chi connectivity index (χ3v) is 8.74. The second kappa shape index (κ2) is 9.18. The maximum absolute atomic E-state index is 13.1. The van der Waals surface area contributed by atoms with Gasteiger partial charge in [-0.25, -0.2) is 4.98 Å². The van der Waals surface area contributed by atoms with Crippen LogP contribution in [-0.2, 0) is 14.9 Å². The number of carbonyl (C=O) groups excluding carboxylic acids is 1. The Hall–Kier alpha value is -1.85. The highest BCUT2D eigenvalue weighted by Gasteiger charge is 2.37. The van der Waals surface area contributed by atoms with Gasteiger partial charge in [0.1, 0.15) is 10.7 Å². The fourth-order valence-corrected chi connectivity index (χ4v) is 6.95. The topological polar surface area (TPSA) is 83.1 Å². The molecule has 0 radical (unpaired) electrons. The Morgan fingerprint density at radius 3 is 2.34 bits per heavy atom. The lowest BCUT2D eigenvalue weighted by Crippen LogP contribution is -2.57. The Labute approximate surface area is 194 Å². The number of benzene rings is 1. The number of hydrogen-bond donors (Lipinski definition) is 0. The van der Waals surface area contributed by atoms with Crippen molar-refractivity contribution in [3.63, 3.8) is 0 Å². The molecule has 1 amide bonds. The zero-order chi connectivity index (χ0) is 23.0. The van der Waals surface area contributed by atoms with Crippen LogP contribution in [0.5, 0.6) is 0 Å². The molecule has 8 nitrogen and oxygen atoms in total. The summed E-state index contributed by atoms with van der Waals surface area (Å²) in [5.74, 6) is -0.150. The summed E-state index contributed by atoms with van der Waals surface area (Å²) in [5.41, 5.74) is 3.76. The largest absolute Gasteiger partial charge is 0.373 e. The molecule has 0 aliphatic carbocycles. The molecule has 0 spiro atoms. The number of aryl methyl sites for hydroxylation is 2. The van der Waals surface area contributed by atoms with E-state index in [1.807, 2.05) is 39.8 Å². The van der Waals surface area contributed by atoms with Crippen LogP contribution in [0.3, 0.4) is 0 Å². The molecule has 10 heteroatoms. The Morgan fingerprint density at radius 2 is 1.72 bits per heavy atom. The molecule has 4 rings (SSSR count). The van der Waals surface area contributed by atoms with Gasteiger partial charge in [0.25, 0.3) is 16.1 Å². The third-order valence-electron chi connectivity index (χ3n) is 5.90. The van der Waals surface area contributed by atoms with E-state index in [0.717, 1.165) is 16.1 Å². The molecular formula is C22H30N4O4S2. The number of morpholine rings is 1. The first-order chi connectivity index (χ1) is 15.1. The Morgan fingerprint density at radius 1 is 1.06 bits per heavy atom. The molecule has 2 atom stereocenters. The van der Waals surface area contributed by atoms with Gasteiger partial charge in [-0.05, 0) is 33.3 Å². The van der Waals surface area contributed by atoms with Gasteiger partial charge in [-0.1, -0.05) is 23.8 Å². The van der Waals surface area contributed by atoms with Gasteiger partial charge in [0.15, 0.2) is 0 Å². The monoisotopic (exact) mass is 478 g/mol. The first kappa shape index (κ1) is 23.3. The zero-order valence-electron chi connectivity index (χ0n) is 18.9. The SMILES string of the molecule is Cc1ccc(-c2nc(C(=O)N3CCN(S(=O)(=O)N4CC(C)OC(C)C4)CC3)cs2)c(C)c1. The normalized spacial score (nSPS) is 23.4. The average molecular weight is 479 g/mol. The second-order valence-electron chi connectivity index (χ2n) is 8.63. The number of rotatable bonds is 4. The smallest absolute Gasteiger partial charge is 0.282 e. The van der Waals surface area contributed by atoms with E-state index in [1.165, 1.54) is 25.5 Å².